The van der Waals surface area contributed by atoms with E-state index in [0.717, 1.165) is 22.3 Å². The van der Waals surface area contributed by atoms with Crippen molar-refractivity contribution in [3.05, 3.63) is 64.7 Å². The van der Waals surface area contributed by atoms with Crippen LogP contribution in [0.5, 0.6) is 0 Å². The number of rotatable bonds is 7. The third-order valence-corrected chi connectivity index (χ3v) is 5.71. The van der Waals surface area contributed by atoms with Gasteiger partial charge in [0.25, 0.3) is 0 Å². The zero-order chi connectivity index (χ0) is 20.2. The molecule has 2 unspecified atom stereocenters. The molecule has 2 aromatic carbocycles. The number of sulfone groups is 1. The molecule has 0 radical (unpaired) electrons. The van der Waals surface area contributed by atoms with Gasteiger partial charge in [0.15, 0.2) is 9.84 Å². The lowest BCUT2D eigenvalue weighted by Crippen LogP contribution is -2.37. The Morgan fingerprint density at radius 1 is 1.11 bits per heavy atom. The second-order valence-corrected chi connectivity index (χ2v) is 9.12. The van der Waals surface area contributed by atoms with Gasteiger partial charge in [0.1, 0.15) is 0 Å². The van der Waals surface area contributed by atoms with Crippen LogP contribution in [0.2, 0.25) is 0 Å². The third kappa shape index (κ3) is 6.06. The predicted octanol–water partition coefficient (Wildman–Crippen LogP) is 3.19. The summed E-state index contributed by atoms with van der Waals surface area (Å²) in [7, 11) is -1.53. The quantitative estimate of drug-likeness (QED) is 0.715. The molecular formula is C21H29ClN2O3S. The predicted molar refractivity (Wildman–Crippen MR) is 116 cm³/mol. The Balaban J connectivity index is 0.00000392. The number of carbonyl (C=O) groups is 1. The second kappa shape index (κ2) is 10.0. The first-order chi connectivity index (χ1) is 12.6. The van der Waals surface area contributed by atoms with E-state index in [1.54, 1.807) is 25.2 Å². The van der Waals surface area contributed by atoms with Gasteiger partial charge in [0.2, 0.25) is 5.91 Å². The van der Waals surface area contributed by atoms with Crippen LogP contribution >= 0.6 is 12.4 Å². The number of carbonyl (C=O) groups excluding carboxylic acids is 1. The fraction of sp³-hybridized carbons (Fsp3) is 0.381. The average Bonchev–Trinajstić information content (AvgIpc) is 2.59. The molecular weight excluding hydrogens is 396 g/mol. The summed E-state index contributed by atoms with van der Waals surface area (Å²) in [6.45, 7) is 6.44. The molecule has 2 rings (SSSR count). The molecule has 0 aliphatic heterocycles. The van der Waals surface area contributed by atoms with E-state index < -0.39 is 15.9 Å². The van der Waals surface area contributed by atoms with Crippen molar-refractivity contribution in [1.82, 2.24) is 10.6 Å². The van der Waals surface area contributed by atoms with Crippen LogP contribution in [0.3, 0.4) is 0 Å². The Morgan fingerprint density at radius 2 is 1.79 bits per heavy atom. The summed E-state index contributed by atoms with van der Waals surface area (Å²) in [6, 6.07) is 12.4. The number of hydrogen-bond acceptors (Lipinski definition) is 4. The van der Waals surface area contributed by atoms with Gasteiger partial charge in [-0.2, -0.15) is 0 Å². The molecule has 1 amide bonds. The second-order valence-electron chi connectivity index (χ2n) is 7.11. The Bertz CT molecular complexity index is 929. The van der Waals surface area contributed by atoms with Crippen LogP contribution in [0.4, 0.5) is 0 Å². The van der Waals surface area contributed by atoms with Crippen molar-refractivity contribution in [3.63, 3.8) is 0 Å². The van der Waals surface area contributed by atoms with E-state index in [1.165, 1.54) is 6.26 Å². The molecule has 28 heavy (non-hydrogen) atoms. The van der Waals surface area contributed by atoms with E-state index in [1.807, 2.05) is 39.0 Å². The molecule has 0 saturated carbocycles. The van der Waals surface area contributed by atoms with Gasteiger partial charge in [0, 0.05) is 18.7 Å². The molecule has 7 heteroatoms. The monoisotopic (exact) mass is 424 g/mol. The Morgan fingerprint density at radius 3 is 2.36 bits per heavy atom. The van der Waals surface area contributed by atoms with Gasteiger partial charge in [-0.15, -0.1) is 12.4 Å². The highest BCUT2D eigenvalue weighted by atomic mass is 35.5. The minimum absolute atomic E-state index is 0. The maximum absolute atomic E-state index is 12.7. The standard InChI is InChI=1S/C21H28N2O3S.ClH/c1-14-9-10-19(15(2)11-14)20(23-21(24)16(3)13-22-4)17-7-6-8-18(12-17)27(5,25)26;/h6-12,16,20,22H,13H2,1-5H3,(H,23,24);1H. The number of halogens is 1. The van der Waals surface area contributed by atoms with E-state index in [0.29, 0.717) is 6.54 Å². The van der Waals surface area contributed by atoms with Crippen molar-refractivity contribution in [3.8, 4) is 0 Å². The third-order valence-electron chi connectivity index (χ3n) is 4.60. The van der Waals surface area contributed by atoms with Gasteiger partial charge in [-0.25, -0.2) is 8.42 Å². The molecule has 0 spiro atoms. The lowest BCUT2D eigenvalue weighted by Gasteiger charge is -2.24. The van der Waals surface area contributed by atoms with Gasteiger partial charge in [-0.05, 0) is 49.7 Å². The molecule has 2 aromatic rings. The number of aryl methyl sites for hydroxylation is 2. The molecule has 0 saturated heterocycles. The first-order valence-electron chi connectivity index (χ1n) is 8.95. The van der Waals surface area contributed by atoms with E-state index in [4.69, 9.17) is 0 Å². The first-order valence-corrected chi connectivity index (χ1v) is 10.8. The summed E-state index contributed by atoms with van der Waals surface area (Å²) >= 11 is 0. The smallest absolute Gasteiger partial charge is 0.224 e. The van der Waals surface area contributed by atoms with Crippen molar-refractivity contribution in [2.75, 3.05) is 19.8 Å². The number of benzene rings is 2. The minimum Gasteiger partial charge on any atom is -0.345 e. The van der Waals surface area contributed by atoms with Crippen molar-refractivity contribution in [2.45, 2.75) is 31.7 Å². The van der Waals surface area contributed by atoms with Crippen molar-refractivity contribution >= 4 is 28.2 Å². The number of amides is 1. The summed E-state index contributed by atoms with van der Waals surface area (Å²) in [5.41, 5.74) is 3.88. The number of nitrogens with one attached hydrogen (secondary N) is 2. The van der Waals surface area contributed by atoms with Crippen LogP contribution < -0.4 is 10.6 Å². The normalized spacial score (nSPS) is 13.3. The van der Waals surface area contributed by atoms with E-state index >= 15 is 0 Å². The van der Waals surface area contributed by atoms with Gasteiger partial charge >= 0.3 is 0 Å². The Hall–Kier alpha value is -1.89. The topological polar surface area (TPSA) is 75.3 Å². The maximum atomic E-state index is 12.7. The van der Waals surface area contributed by atoms with Crippen molar-refractivity contribution in [1.29, 1.82) is 0 Å². The van der Waals surface area contributed by atoms with E-state index in [2.05, 4.69) is 16.7 Å². The fourth-order valence-corrected chi connectivity index (χ4v) is 3.77. The zero-order valence-corrected chi connectivity index (χ0v) is 18.6. The molecule has 5 nitrogen and oxygen atoms in total. The number of hydrogen-bond donors (Lipinski definition) is 2. The van der Waals surface area contributed by atoms with Crippen LogP contribution in [-0.4, -0.2) is 34.2 Å². The molecule has 0 fully saturated rings. The minimum atomic E-state index is -3.33. The highest BCUT2D eigenvalue weighted by Gasteiger charge is 2.22. The summed E-state index contributed by atoms with van der Waals surface area (Å²) < 4.78 is 24.0. The molecule has 154 valence electrons. The zero-order valence-electron chi connectivity index (χ0n) is 16.9. The lowest BCUT2D eigenvalue weighted by atomic mass is 9.93. The average molecular weight is 425 g/mol. The highest BCUT2D eigenvalue weighted by molar-refractivity contribution is 7.90. The largest absolute Gasteiger partial charge is 0.345 e. The summed E-state index contributed by atoms with van der Waals surface area (Å²) in [5, 5.41) is 6.11. The van der Waals surface area contributed by atoms with Crippen LogP contribution in [0.1, 0.15) is 35.2 Å². The fourth-order valence-electron chi connectivity index (χ4n) is 3.10. The molecule has 0 aliphatic rings. The van der Waals surface area contributed by atoms with Crippen LogP contribution in [0, 0.1) is 19.8 Å². The van der Waals surface area contributed by atoms with E-state index in [-0.39, 0.29) is 29.1 Å². The van der Waals surface area contributed by atoms with E-state index in [9.17, 15) is 13.2 Å². The van der Waals surface area contributed by atoms with Gasteiger partial charge < -0.3 is 10.6 Å². The summed E-state index contributed by atoms with van der Waals surface area (Å²) in [4.78, 5) is 12.9. The Kier molecular flexibility index (Phi) is 8.67. The Labute approximate surface area is 174 Å². The van der Waals surface area contributed by atoms with Crippen molar-refractivity contribution in [2.24, 2.45) is 5.92 Å². The van der Waals surface area contributed by atoms with Crippen LogP contribution in [0.15, 0.2) is 47.4 Å². The lowest BCUT2D eigenvalue weighted by molar-refractivity contribution is -0.124. The molecule has 0 heterocycles. The molecule has 2 N–H and O–H groups in total. The molecule has 2 atom stereocenters. The van der Waals surface area contributed by atoms with Gasteiger partial charge in [-0.3, -0.25) is 4.79 Å². The molecule has 0 aliphatic carbocycles. The van der Waals surface area contributed by atoms with Gasteiger partial charge in [-0.1, -0.05) is 42.8 Å². The van der Waals surface area contributed by atoms with Gasteiger partial charge in [0.05, 0.1) is 10.9 Å². The maximum Gasteiger partial charge on any atom is 0.224 e. The van der Waals surface area contributed by atoms with Crippen LogP contribution in [0.25, 0.3) is 0 Å². The first kappa shape index (κ1) is 24.1. The molecule has 0 aromatic heterocycles. The SMILES string of the molecule is CNCC(C)C(=O)NC(c1cccc(S(C)(=O)=O)c1)c1ccc(C)cc1C.Cl. The van der Waals surface area contributed by atoms with Crippen LogP contribution in [-0.2, 0) is 14.6 Å². The summed E-state index contributed by atoms with van der Waals surface area (Å²) in [5.74, 6) is -0.291. The molecule has 0 bridgehead atoms. The van der Waals surface area contributed by atoms with Crippen molar-refractivity contribution < 1.29 is 13.2 Å². The highest BCUT2D eigenvalue weighted by Crippen LogP contribution is 2.27. The summed E-state index contributed by atoms with van der Waals surface area (Å²) in [6.07, 6.45) is 1.19.